The average Bonchev–Trinajstić information content (AvgIpc) is 3.05. The monoisotopic (exact) mass is 686 g/mol. The van der Waals surface area contributed by atoms with Crippen molar-refractivity contribution in [2.24, 2.45) is 10.8 Å². The second-order valence-electron chi connectivity index (χ2n) is 12.9. The van der Waals surface area contributed by atoms with Gasteiger partial charge in [-0.2, -0.15) is 0 Å². The van der Waals surface area contributed by atoms with E-state index in [2.05, 4.69) is 0 Å². The molecule has 0 aliphatic rings. The molecule has 0 saturated heterocycles. The summed E-state index contributed by atoms with van der Waals surface area (Å²) < 4.78 is 10.7. The smallest absolute Gasteiger partial charge is 0.316 e. The zero-order chi connectivity index (χ0) is 37.6. The van der Waals surface area contributed by atoms with Gasteiger partial charge in [0.1, 0.15) is 0 Å². The number of nitro groups is 2. The van der Waals surface area contributed by atoms with Gasteiger partial charge in [-0.3, -0.25) is 39.4 Å². The molecule has 0 aliphatic heterocycles. The lowest BCUT2D eigenvalue weighted by Gasteiger charge is -2.20. The topological polar surface area (TPSA) is 213 Å². The van der Waals surface area contributed by atoms with E-state index in [0.717, 1.165) is 18.2 Å². The molecule has 0 aromatic heterocycles. The van der Waals surface area contributed by atoms with E-state index in [0.29, 0.717) is 11.1 Å². The number of esters is 2. The van der Waals surface area contributed by atoms with Crippen molar-refractivity contribution in [3.05, 3.63) is 127 Å². The lowest BCUT2D eigenvalue weighted by atomic mass is 9.97. The number of hydrogen-bond acceptors (Lipinski definition) is 12. The Bertz CT molecular complexity index is 1960. The first-order valence-electron chi connectivity index (χ1n) is 14.9. The van der Waals surface area contributed by atoms with Gasteiger partial charge in [-0.15, -0.1) is 0 Å². The summed E-state index contributed by atoms with van der Waals surface area (Å²) in [6.07, 6.45) is 0. The molecule has 260 valence electrons. The summed E-state index contributed by atoms with van der Waals surface area (Å²) in [5, 5.41) is 41.2. The third-order valence-electron chi connectivity index (χ3n) is 6.72. The second-order valence-corrected chi connectivity index (χ2v) is 12.9. The molecule has 4 aromatic carbocycles. The highest BCUT2D eigenvalue weighted by Gasteiger charge is 2.34. The molecule has 14 nitrogen and oxygen atoms in total. The largest absolute Gasteiger partial charge is 0.504 e. The van der Waals surface area contributed by atoms with Crippen molar-refractivity contribution in [1.29, 1.82) is 0 Å². The van der Waals surface area contributed by atoms with E-state index in [-0.39, 0.29) is 16.9 Å². The van der Waals surface area contributed by atoms with Crippen LogP contribution in [0.1, 0.15) is 73.4 Å². The van der Waals surface area contributed by atoms with Crippen molar-refractivity contribution in [3.8, 4) is 23.0 Å². The van der Waals surface area contributed by atoms with Crippen LogP contribution in [-0.4, -0.2) is 43.6 Å². The Balaban J connectivity index is 0.000000303. The van der Waals surface area contributed by atoms with Crippen LogP contribution in [0.5, 0.6) is 23.0 Å². The third kappa shape index (κ3) is 9.34. The minimum absolute atomic E-state index is 0.0619. The van der Waals surface area contributed by atoms with Crippen molar-refractivity contribution in [2.75, 3.05) is 0 Å². The first-order chi connectivity index (χ1) is 23.2. The van der Waals surface area contributed by atoms with E-state index in [9.17, 15) is 49.6 Å². The Morgan fingerprint density at radius 3 is 1.40 bits per heavy atom. The zero-order valence-corrected chi connectivity index (χ0v) is 28.0. The Hall–Kier alpha value is -6.44. The van der Waals surface area contributed by atoms with Gasteiger partial charge in [0.15, 0.2) is 23.1 Å². The highest BCUT2D eigenvalue weighted by atomic mass is 16.6. The number of rotatable bonds is 8. The number of nitro benzene ring substituents is 2. The molecule has 0 amide bonds. The standard InChI is InChI=1S/C23H25NO7.C13H9NO5/c1-22(2,3)20(26)30-17-13-15(18(25)14-10-8-7-9-11-14)12-16(24(28)29)19(17)31-21(27)23(4,5)6;15-11-7-9(6-10(13(11)17)14(18)19)12(16)8-4-2-1-3-5-8/h7-13H,1-6H3;1-7,15,17H. The molecule has 0 unspecified atom stereocenters. The van der Waals surface area contributed by atoms with E-state index < -0.39 is 72.8 Å². The van der Waals surface area contributed by atoms with Gasteiger partial charge in [-0.05, 0) is 53.7 Å². The summed E-state index contributed by atoms with van der Waals surface area (Å²) in [4.78, 5) is 70.7. The molecule has 0 aliphatic carbocycles. The molecule has 0 saturated carbocycles. The molecule has 0 fully saturated rings. The lowest BCUT2D eigenvalue weighted by molar-refractivity contribution is -0.386. The number of hydrogen-bond donors (Lipinski definition) is 2. The van der Waals surface area contributed by atoms with Crippen molar-refractivity contribution in [1.82, 2.24) is 0 Å². The van der Waals surface area contributed by atoms with Crippen LogP contribution in [0, 0.1) is 31.1 Å². The summed E-state index contributed by atoms with van der Waals surface area (Å²) >= 11 is 0. The van der Waals surface area contributed by atoms with Crippen LogP contribution in [0.3, 0.4) is 0 Å². The molecule has 50 heavy (non-hydrogen) atoms. The van der Waals surface area contributed by atoms with Gasteiger partial charge in [-0.25, -0.2) is 0 Å². The molecule has 0 atom stereocenters. The zero-order valence-electron chi connectivity index (χ0n) is 28.0. The van der Waals surface area contributed by atoms with Crippen molar-refractivity contribution < 1.29 is 48.7 Å². The van der Waals surface area contributed by atoms with Crippen LogP contribution in [0.2, 0.25) is 0 Å². The number of carbonyl (C=O) groups excluding carboxylic acids is 4. The number of benzene rings is 4. The Morgan fingerprint density at radius 2 is 0.980 bits per heavy atom. The number of nitrogens with zero attached hydrogens (tertiary/aromatic N) is 2. The number of ketones is 2. The molecule has 4 rings (SSSR count). The minimum Gasteiger partial charge on any atom is -0.504 e. The third-order valence-corrected chi connectivity index (χ3v) is 6.72. The lowest BCUT2D eigenvalue weighted by Crippen LogP contribution is -2.28. The molecule has 0 heterocycles. The molecule has 2 N–H and O–H groups in total. The van der Waals surface area contributed by atoms with E-state index in [1.807, 2.05) is 0 Å². The summed E-state index contributed by atoms with van der Waals surface area (Å²) in [6.45, 7) is 9.54. The number of ether oxygens (including phenoxy) is 2. The maximum atomic E-state index is 12.9. The molecular formula is C36H34N2O12. The maximum Gasteiger partial charge on any atom is 0.316 e. The van der Waals surface area contributed by atoms with Gasteiger partial charge >= 0.3 is 23.3 Å². The molecule has 14 heteroatoms. The van der Waals surface area contributed by atoms with Gasteiger partial charge in [0.05, 0.1) is 20.7 Å². The van der Waals surface area contributed by atoms with Gasteiger partial charge < -0.3 is 19.7 Å². The van der Waals surface area contributed by atoms with Crippen LogP contribution in [0.4, 0.5) is 11.4 Å². The van der Waals surface area contributed by atoms with Crippen molar-refractivity contribution in [3.63, 3.8) is 0 Å². The molecule has 0 radical (unpaired) electrons. The fourth-order valence-electron chi connectivity index (χ4n) is 3.92. The van der Waals surface area contributed by atoms with Crippen LogP contribution in [0.25, 0.3) is 0 Å². The number of phenols is 2. The molecule has 0 bridgehead atoms. The normalized spacial score (nSPS) is 11.0. The van der Waals surface area contributed by atoms with Gasteiger partial charge in [0, 0.05) is 34.4 Å². The summed E-state index contributed by atoms with van der Waals surface area (Å²) in [5.41, 5.74) is -2.79. The predicted molar refractivity (Wildman–Crippen MR) is 179 cm³/mol. The average molecular weight is 687 g/mol. The van der Waals surface area contributed by atoms with E-state index in [1.54, 1.807) is 102 Å². The van der Waals surface area contributed by atoms with Crippen LogP contribution in [-0.2, 0) is 9.59 Å². The van der Waals surface area contributed by atoms with Crippen molar-refractivity contribution >= 4 is 34.9 Å². The number of carbonyl (C=O) groups is 4. The van der Waals surface area contributed by atoms with Crippen LogP contribution in [0.15, 0.2) is 84.9 Å². The summed E-state index contributed by atoms with van der Waals surface area (Å²) in [7, 11) is 0. The summed E-state index contributed by atoms with van der Waals surface area (Å²) in [6, 6.07) is 20.4. The number of phenolic OH excluding ortho intramolecular Hbond substituents is 2. The molecular weight excluding hydrogens is 652 g/mol. The molecule has 0 spiro atoms. The van der Waals surface area contributed by atoms with E-state index >= 15 is 0 Å². The fraction of sp³-hybridized carbons (Fsp3) is 0.222. The Kier molecular flexibility index (Phi) is 11.6. The SMILES string of the molecule is CC(C)(C)C(=O)Oc1cc(C(=O)c2ccccc2)cc([N+](=O)[O-])c1OC(=O)C(C)(C)C.O=C(c1ccccc1)c1cc(O)c(O)c([N+](=O)[O-])c1. The van der Waals surface area contributed by atoms with Gasteiger partial charge in [-0.1, -0.05) is 60.7 Å². The fourth-order valence-corrected chi connectivity index (χ4v) is 3.92. The van der Waals surface area contributed by atoms with Gasteiger partial charge in [0.2, 0.25) is 5.75 Å². The van der Waals surface area contributed by atoms with Gasteiger partial charge in [0.25, 0.3) is 5.75 Å². The Morgan fingerprint density at radius 1 is 0.580 bits per heavy atom. The van der Waals surface area contributed by atoms with Crippen LogP contribution >= 0.6 is 0 Å². The number of aromatic hydroxyl groups is 2. The second kappa shape index (κ2) is 15.2. The summed E-state index contributed by atoms with van der Waals surface area (Å²) in [5.74, 6) is -4.89. The Labute approximate surface area is 286 Å². The first-order valence-corrected chi connectivity index (χ1v) is 14.9. The first kappa shape index (κ1) is 38.0. The van der Waals surface area contributed by atoms with Crippen molar-refractivity contribution in [2.45, 2.75) is 41.5 Å². The van der Waals surface area contributed by atoms with E-state index in [4.69, 9.17) is 9.47 Å². The van der Waals surface area contributed by atoms with E-state index in [1.165, 1.54) is 6.07 Å². The highest BCUT2D eigenvalue weighted by Crippen LogP contribution is 2.41. The molecule has 4 aromatic rings. The minimum atomic E-state index is -0.974. The maximum absolute atomic E-state index is 12.9. The predicted octanol–water partition coefficient (Wildman–Crippen LogP) is 6.97. The van der Waals surface area contributed by atoms with Crippen LogP contribution < -0.4 is 9.47 Å². The highest BCUT2D eigenvalue weighted by molar-refractivity contribution is 6.10. The quantitative estimate of drug-likeness (QED) is 0.0480.